The van der Waals surface area contributed by atoms with E-state index >= 15 is 0 Å². The van der Waals surface area contributed by atoms with Crippen LogP contribution in [-0.4, -0.2) is 56.7 Å². The molecule has 0 saturated carbocycles. The normalized spacial score (nSPS) is 20.4. The Kier molecular flexibility index (Phi) is 7.75. The van der Waals surface area contributed by atoms with E-state index in [0.717, 1.165) is 10.8 Å². The second-order valence-corrected chi connectivity index (χ2v) is 9.42. The van der Waals surface area contributed by atoms with E-state index in [-0.39, 0.29) is 31.7 Å². The van der Waals surface area contributed by atoms with Crippen molar-refractivity contribution < 1.29 is 33.3 Å². The van der Waals surface area contributed by atoms with Crippen molar-refractivity contribution in [1.82, 2.24) is 5.32 Å². The molecule has 2 aliphatic rings. The number of halogens is 1. The first-order valence-electron chi connectivity index (χ1n) is 12.6. The maximum Gasteiger partial charge on any atom is 0.414 e. The second kappa shape index (κ2) is 11.4. The van der Waals surface area contributed by atoms with Crippen molar-refractivity contribution in [1.29, 1.82) is 0 Å². The minimum absolute atomic E-state index is 0.00808. The molecule has 10 heteroatoms. The molecule has 2 N–H and O–H groups in total. The zero-order valence-corrected chi connectivity index (χ0v) is 20.7. The van der Waals surface area contributed by atoms with Crippen molar-refractivity contribution in [2.24, 2.45) is 0 Å². The Morgan fingerprint density at radius 1 is 1.08 bits per heavy atom. The Bertz CT molecular complexity index is 1360. The van der Waals surface area contributed by atoms with Crippen LogP contribution in [0.3, 0.4) is 0 Å². The van der Waals surface area contributed by atoms with Gasteiger partial charge in [-0.3, -0.25) is 9.69 Å². The number of anilines is 1. The average molecular weight is 522 g/mol. The first-order valence-corrected chi connectivity index (χ1v) is 12.6. The number of ether oxygens (including phenoxy) is 2. The van der Waals surface area contributed by atoms with Crippen LogP contribution in [0.15, 0.2) is 60.7 Å². The van der Waals surface area contributed by atoms with Crippen LogP contribution < -0.4 is 15.3 Å². The second-order valence-electron chi connectivity index (χ2n) is 9.42. The standard InChI is InChI=1S/C28H28FN3O6/c29-24-14-21(7-8-23(24)26-15-30-11-12-37-26)31-16-22(38-28(31)35)17-32(36)27(34)10-9-25(33)20-6-5-18-3-1-2-4-19(18)13-20/h1-8,13-14,22,26,30,32H,9-12,15-17H2. The van der Waals surface area contributed by atoms with E-state index in [1.807, 2.05) is 30.3 Å². The average Bonchev–Trinajstić information content (AvgIpc) is 3.31. The molecule has 0 aliphatic carbocycles. The van der Waals surface area contributed by atoms with Crippen LogP contribution in [-0.2, 0) is 14.3 Å². The van der Waals surface area contributed by atoms with Crippen LogP contribution in [0, 0.1) is 11.0 Å². The molecular formula is C28H28FN3O6. The Balaban J connectivity index is 1.14. The van der Waals surface area contributed by atoms with Gasteiger partial charge in [-0.1, -0.05) is 42.5 Å². The summed E-state index contributed by atoms with van der Waals surface area (Å²) in [5.41, 5.74) is 1.17. The van der Waals surface area contributed by atoms with Crippen molar-refractivity contribution >= 4 is 34.2 Å². The predicted molar refractivity (Wildman–Crippen MR) is 137 cm³/mol. The molecule has 9 nitrogen and oxygen atoms in total. The molecule has 2 amide bonds. The number of hydrogen-bond acceptors (Lipinski definition) is 7. The number of morpholine rings is 1. The first kappa shape index (κ1) is 25.9. The highest BCUT2D eigenvalue weighted by atomic mass is 19.1. The number of ketones is 1. The molecule has 0 aromatic heterocycles. The summed E-state index contributed by atoms with van der Waals surface area (Å²) in [6.45, 7) is 1.39. The minimum Gasteiger partial charge on any atom is -0.627 e. The van der Waals surface area contributed by atoms with Crippen LogP contribution in [0.4, 0.5) is 14.9 Å². The van der Waals surface area contributed by atoms with Gasteiger partial charge < -0.3 is 25.1 Å². The van der Waals surface area contributed by atoms with Crippen molar-refractivity contribution in [3.63, 3.8) is 0 Å². The van der Waals surface area contributed by atoms with E-state index in [2.05, 4.69) is 5.32 Å². The summed E-state index contributed by atoms with van der Waals surface area (Å²) >= 11 is 0. The van der Waals surface area contributed by atoms with Gasteiger partial charge in [0.2, 0.25) is 0 Å². The highest BCUT2D eigenvalue weighted by Gasteiger charge is 2.35. The zero-order chi connectivity index (χ0) is 26.6. The number of hydrogen-bond donors (Lipinski definition) is 2. The third-order valence-electron chi connectivity index (χ3n) is 6.82. The molecule has 3 aromatic rings. The van der Waals surface area contributed by atoms with Crippen LogP contribution in [0.1, 0.15) is 34.9 Å². The van der Waals surface area contributed by atoms with Gasteiger partial charge >= 0.3 is 12.0 Å². The molecule has 3 atom stereocenters. The molecule has 38 heavy (non-hydrogen) atoms. The topological polar surface area (TPSA) is 112 Å². The van der Waals surface area contributed by atoms with Crippen molar-refractivity contribution in [3.8, 4) is 0 Å². The van der Waals surface area contributed by atoms with Crippen LogP contribution in [0.2, 0.25) is 0 Å². The third kappa shape index (κ3) is 5.73. The third-order valence-corrected chi connectivity index (χ3v) is 6.82. The van der Waals surface area contributed by atoms with Gasteiger partial charge in [-0.05, 0) is 29.0 Å². The quantitative estimate of drug-likeness (QED) is 0.346. The number of cyclic esters (lactones) is 1. The number of benzene rings is 3. The van der Waals surface area contributed by atoms with E-state index in [9.17, 15) is 24.0 Å². The summed E-state index contributed by atoms with van der Waals surface area (Å²) in [6, 6.07) is 17.4. The van der Waals surface area contributed by atoms with Gasteiger partial charge in [-0.15, -0.1) is 0 Å². The van der Waals surface area contributed by atoms with E-state index in [1.165, 1.54) is 11.0 Å². The van der Waals surface area contributed by atoms with Crippen molar-refractivity contribution in [2.75, 3.05) is 37.7 Å². The van der Waals surface area contributed by atoms with Crippen molar-refractivity contribution in [2.45, 2.75) is 25.0 Å². The van der Waals surface area contributed by atoms with Crippen molar-refractivity contribution in [3.05, 3.63) is 82.8 Å². The number of fused-ring (bicyclic) bond motifs is 1. The molecule has 2 aliphatic heterocycles. The highest BCUT2D eigenvalue weighted by Crippen LogP contribution is 2.28. The number of rotatable bonds is 8. The zero-order valence-electron chi connectivity index (χ0n) is 20.7. The van der Waals surface area contributed by atoms with Gasteiger partial charge in [-0.25, -0.2) is 14.0 Å². The Morgan fingerprint density at radius 2 is 1.89 bits per heavy atom. The molecule has 0 bridgehead atoms. The number of amides is 2. The Hall–Kier alpha value is -3.70. The van der Waals surface area contributed by atoms with E-state index in [1.54, 1.807) is 24.3 Å². The summed E-state index contributed by atoms with van der Waals surface area (Å²) in [7, 11) is 0. The molecule has 3 unspecified atom stereocenters. The summed E-state index contributed by atoms with van der Waals surface area (Å²) in [5, 5.41) is 16.9. The number of nitrogens with zero attached hydrogens (tertiary/aromatic N) is 1. The summed E-state index contributed by atoms with van der Waals surface area (Å²) in [4.78, 5) is 38.6. The lowest BCUT2D eigenvalue weighted by Crippen LogP contribution is -3.11. The van der Waals surface area contributed by atoms with Gasteiger partial charge in [0.1, 0.15) is 12.4 Å². The van der Waals surface area contributed by atoms with Gasteiger partial charge in [0, 0.05) is 30.6 Å². The van der Waals surface area contributed by atoms with Gasteiger partial charge in [-0.2, -0.15) is 0 Å². The molecule has 3 aromatic carbocycles. The molecule has 0 spiro atoms. The Labute approximate surface area is 218 Å². The molecule has 2 heterocycles. The number of Topliss-reactive ketones (excluding diaryl/α,β-unsaturated/α-hetero) is 1. The molecule has 0 radical (unpaired) electrons. The number of carbonyl (C=O) groups excluding carboxylic acids is 3. The summed E-state index contributed by atoms with van der Waals surface area (Å²) in [6.07, 6.45) is -2.29. The smallest absolute Gasteiger partial charge is 0.414 e. The van der Waals surface area contributed by atoms with Gasteiger partial charge in [0.15, 0.2) is 11.9 Å². The number of carbonyl (C=O) groups is 3. The van der Waals surface area contributed by atoms with Crippen LogP contribution in [0.5, 0.6) is 0 Å². The molecule has 2 fully saturated rings. The molecule has 198 valence electrons. The largest absolute Gasteiger partial charge is 0.627 e. The fourth-order valence-electron chi connectivity index (χ4n) is 4.74. The van der Waals surface area contributed by atoms with Gasteiger partial charge in [0.25, 0.3) is 0 Å². The minimum atomic E-state index is -0.844. The first-order chi connectivity index (χ1) is 18.4. The van der Waals surface area contributed by atoms with Crippen LogP contribution in [0.25, 0.3) is 10.8 Å². The number of quaternary nitrogens is 1. The van der Waals surface area contributed by atoms with E-state index in [4.69, 9.17) is 9.47 Å². The number of nitrogens with one attached hydrogen (secondary N) is 2. The van der Waals surface area contributed by atoms with E-state index in [0.29, 0.717) is 36.5 Å². The monoisotopic (exact) mass is 521 g/mol. The maximum absolute atomic E-state index is 14.8. The lowest BCUT2D eigenvalue weighted by Gasteiger charge is -2.25. The molecule has 2 saturated heterocycles. The lowest BCUT2D eigenvalue weighted by molar-refractivity contribution is -0.769. The number of hydroxylamine groups is 2. The summed E-state index contributed by atoms with van der Waals surface area (Å²) < 4.78 is 25.6. The fraction of sp³-hybridized carbons (Fsp3) is 0.321. The lowest BCUT2D eigenvalue weighted by atomic mass is 10.0. The Morgan fingerprint density at radius 3 is 2.66 bits per heavy atom. The van der Waals surface area contributed by atoms with E-state index < -0.39 is 35.1 Å². The molecule has 5 rings (SSSR count). The van der Waals surface area contributed by atoms with Crippen LogP contribution >= 0.6 is 0 Å². The predicted octanol–water partition coefficient (Wildman–Crippen LogP) is 2.54. The SMILES string of the molecule is O=C(CCC(=O)[NH+]([O-])CC1CN(c2ccc(C3CNCCO3)c(F)c2)C(=O)O1)c1ccc2ccccc2c1. The van der Waals surface area contributed by atoms with Gasteiger partial charge in [0.05, 0.1) is 31.4 Å². The fourth-order valence-corrected chi connectivity index (χ4v) is 4.74. The summed E-state index contributed by atoms with van der Waals surface area (Å²) in [5.74, 6) is -1.42. The molecular weight excluding hydrogens is 493 g/mol. The highest BCUT2D eigenvalue weighted by molar-refractivity contribution is 6.00. The maximum atomic E-state index is 14.8.